The van der Waals surface area contributed by atoms with Crippen molar-refractivity contribution < 1.29 is 18.3 Å². The standard InChI is InChI=1S/C23H33N5O4S/c1-22(2,3)17-10-9-16(20(25-17)28-13-11-15(12-14-28)23(4,5)30)21(29)27-33(31,32)19-8-6-7-18(24)26-19/h6-10,15,30H,11-14H2,1-5H3,(H2,24,26)(H,27,29). The fourth-order valence-electron chi connectivity index (χ4n) is 3.89. The van der Waals surface area contributed by atoms with Crippen LogP contribution < -0.4 is 15.4 Å². The SMILES string of the molecule is CC(C)(C)c1ccc(C(=O)NS(=O)(=O)c2cccc(N)n2)c(N2CCC(C(C)(C)O)CC2)n1. The van der Waals surface area contributed by atoms with Crippen molar-refractivity contribution in [1.82, 2.24) is 14.7 Å². The Labute approximate surface area is 195 Å². The normalized spacial score (nSPS) is 16.0. The van der Waals surface area contributed by atoms with Crippen molar-refractivity contribution in [3.63, 3.8) is 0 Å². The summed E-state index contributed by atoms with van der Waals surface area (Å²) < 4.78 is 27.5. The van der Waals surface area contributed by atoms with E-state index < -0.39 is 21.5 Å². The lowest BCUT2D eigenvalue weighted by Crippen LogP contribution is -2.43. The van der Waals surface area contributed by atoms with E-state index in [9.17, 15) is 18.3 Å². The largest absolute Gasteiger partial charge is 0.390 e. The van der Waals surface area contributed by atoms with Crippen molar-refractivity contribution in [3.05, 3.63) is 41.6 Å². The molecule has 33 heavy (non-hydrogen) atoms. The second-order valence-electron chi connectivity index (χ2n) is 10.1. The maximum Gasteiger partial charge on any atom is 0.281 e. The Bertz CT molecular complexity index is 1130. The number of rotatable bonds is 5. The number of nitrogens with one attached hydrogen (secondary N) is 1. The number of piperidine rings is 1. The predicted octanol–water partition coefficient (Wildman–Crippen LogP) is 2.46. The number of carbonyl (C=O) groups excluding carboxylic acids is 1. The van der Waals surface area contributed by atoms with Gasteiger partial charge in [-0.05, 0) is 56.9 Å². The molecule has 4 N–H and O–H groups in total. The van der Waals surface area contributed by atoms with E-state index >= 15 is 0 Å². The van der Waals surface area contributed by atoms with Gasteiger partial charge >= 0.3 is 0 Å². The van der Waals surface area contributed by atoms with Gasteiger partial charge in [-0.1, -0.05) is 26.8 Å². The predicted molar refractivity (Wildman–Crippen MR) is 127 cm³/mol. The van der Waals surface area contributed by atoms with E-state index in [0.29, 0.717) is 18.9 Å². The molecule has 0 unspecified atom stereocenters. The Balaban J connectivity index is 1.94. The summed E-state index contributed by atoms with van der Waals surface area (Å²) in [6, 6.07) is 7.55. The van der Waals surface area contributed by atoms with Crippen LogP contribution in [0, 0.1) is 5.92 Å². The summed E-state index contributed by atoms with van der Waals surface area (Å²) in [4.78, 5) is 23.7. The molecule has 0 aromatic carbocycles. The Hall–Kier alpha value is -2.72. The number of anilines is 2. The summed E-state index contributed by atoms with van der Waals surface area (Å²) >= 11 is 0. The zero-order valence-corrected chi connectivity index (χ0v) is 20.6. The van der Waals surface area contributed by atoms with Crippen LogP contribution in [-0.4, -0.2) is 48.1 Å². The van der Waals surface area contributed by atoms with Crippen molar-refractivity contribution in [1.29, 1.82) is 0 Å². The number of carbonyl (C=O) groups is 1. The molecule has 0 bridgehead atoms. The minimum atomic E-state index is -4.21. The number of nitrogens with two attached hydrogens (primary N) is 1. The molecule has 0 spiro atoms. The molecule has 3 heterocycles. The topological polar surface area (TPSA) is 139 Å². The van der Waals surface area contributed by atoms with E-state index in [-0.39, 0.29) is 27.7 Å². The minimum Gasteiger partial charge on any atom is -0.390 e. The third-order valence-corrected chi connectivity index (χ3v) is 7.16. The summed E-state index contributed by atoms with van der Waals surface area (Å²) in [5.41, 5.74) is 5.51. The van der Waals surface area contributed by atoms with E-state index in [1.165, 1.54) is 18.2 Å². The number of pyridine rings is 2. The number of nitrogens with zero attached hydrogens (tertiary/aromatic N) is 3. The number of aromatic nitrogens is 2. The molecule has 1 saturated heterocycles. The average molecular weight is 476 g/mol. The van der Waals surface area contributed by atoms with E-state index in [0.717, 1.165) is 18.5 Å². The summed E-state index contributed by atoms with van der Waals surface area (Å²) in [6.07, 6.45) is 1.47. The molecule has 2 aromatic heterocycles. The first-order chi connectivity index (χ1) is 15.2. The molecule has 10 heteroatoms. The van der Waals surface area contributed by atoms with E-state index in [1.807, 2.05) is 25.7 Å². The molecule has 1 fully saturated rings. The van der Waals surface area contributed by atoms with Gasteiger partial charge in [-0.15, -0.1) is 0 Å². The smallest absolute Gasteiger partial charge is 0.281 e. The molecule has 9 nitrogen and oxygen atoms in total. The molecule has 1 aliphatic rings. The van der Waals surface area contributed by atoms with Gasteiger partial charge in [-0.25, -0.2) is 14.7 Å². The van der Waals surface area contributed by atoms with Gasteiger partial charge in [0.05, 0.1) is 11.2 Å². The lowest BCUT2D eigenvalue weighted by Gasteiger charge is -2.39. The number of hydrogen-bond donors (Lipinski definition) is 3. The van der Waals surface area contributed by atoms with Gasteiger partial charge in [0.15, 0.2) is 5.03 Å². The molecular formula is C23H33N5O4S. The van der Waals surface area contributed by atoms with Crippen molar-refractivity contribution in [3.8, 4) is 0 Å². The van der Waals surface area contributed by atoms with E-state index in [1.54, 1.807) is 26.0 Å². The highest BCUT2D eigenvalue weighted by Gasteiger charge is 2.33. The molecule has 0 aliphatic carbocycles. The van der Waals surface area contributed by atoms with Crippen LogP contribution in [0.25, 0.3) is 0 Å². The third kappa shape index (κ3) is 5.80. The molecule has 0 saturated carbocycles. The van der Waals surface area contributed by atoms with Crippen molar-refractivity contribution in [2.45, 2.75) is 63.5 Å². The first kappa shape index (κ1) is 24.9. The molecule has 0 atom stereocenters. The van der Waals surface area contributed by atoms with E-state index in [4.69, 9.17) is 10.7 Å². The minimum absolute atomic E-state index is 0.0388. The van der Waals surface area contributed by atoms with Crippen LogP contribution in [0.4, 0.5) is 11.6 Å². The number of hydrogen-bond acceptors (Lipinski definition) is 8. The number of nitrogen functional groups attached to an aromatic ring is 1. The summed E-state index contributed by atoms with van der Waals surface area (Å²) in [6.45, 7) is 10.9. The molecule has 180 valence electrons. The van der Waals surface area contributed by atoms with Crippen LogP contribution in [0.15, 0.2) is 35.4 Å². The summed E-state index contributed by atoms with van der Waals surface area (Å²) in [7, 11) is -4.21. The third-order valence-electron chi connectivity index (χ3n) is 5.93. The summed E-state index contributed by atoms with van der Waals surface area (Å²) in [5.74, 6) is -0.180. The Morgan fingerprint density at radius 1 is 1.09 bits per heavy atom. The van der Waals surface area contributed by atoms with Crippen LogP contribution in [0.3, 0.4) is 0 Å². The van der Waals surface area contributed by atoms with Gasteiger partial charge in [0.2, 0.25) is 0 Å². The van der Waals surface area contributed by atoms with Gasteiger partial charge in [0, 0.05) is 24.2 Å². The molecule has 2 aromatic rings. The van der Waals surface area contributed by atoms with Gasteiger partial charge in [0.25, 0.3) is 15.9 Å². The van der Waals surface area contributed by atoms with Crippen molar-refractivity contribution >= 4 is 27.6 Å². The van der Waals surface area contributed by atoms with Crippen LogP contribution in [0.1, 0.15) is 63.5 Å². The maximum absolute atomic E-state index is 13.1. The van der Waals surface area contributed by atoms with Gasteiger partial charge in [-0.3, -0.25) is 4.79 Å². The number of amides is 1. The molecular weight excluding hydrogens is 442 g/mol. The van der Waals surface area contributed by atoms with Crippen LogP contribution in [0.5, 0.6) is 0 Å². The Morgan fingerprint density at radius 3 is 2.27 bits per heavy atom. The molecule has 1 aliphatic heterocycles. The molecule has 3 rings (SSSR count). The molecule has 0 radical (unpaired) electrons. The van der Waals surface area contributed by atoms with Gasteiger partial charge < -0.3 is 15.7 Å². The monoisotopic (exact) mass is 475 g/mol. The maximum atomic E-state index is 13.1. The van der Waals surface area contributed by atoms with Gasteiger partial charge in [0.1, 0.15) is 11.6 Å². The number of aliphatic hydroxyl groups is 1. The highest BCUT2D eigenvalue weighted by Crippen LogP contribution is 2.32. The van der Waals surface area contributed by atoms with Crippen LogP contribution in [0.2, 0.25) is 0 Å². The fourth-order valence-corrected chi connectivity index (χ4v) is 4.83. The second-order valence-corrected chi connectivity index (χ2v) is 11.7. The number of sulfonamides is 1. The Morgan fingerprint density at radius 2 is 1.73 bits per heavy atom. The van der Waals surface area contributed by atoms with Gasteiger partial charge in [-0.2, -0.15) is 8.42 Å². The van der Waals surface area contributed by atoms with Crippen molar-refractivity contribution in [2.75, 3.05) is 23.7 Å². The zero-order valence-electron chi connectivity index (χ0n) is 19.8. The van der Waals surface area contributed by atoms with Crippen molar-refractivity contribution in [2.24, 2.45) is 5.92 Å². The lowest BCUT2D eigenvalue weighted by atomic mass is 9.83. The first-order valence-corrected chi connectivity index (χ1v) is 12.5. The lowest BCUT2D eigenvalue weighted by molar-refractivity contribution is 0.00643. The summed E-state index contributed by atoms with van der Waals surface area (Å²) in [5, 5.41) is 10.0. The zero-order chi connectivity index (χ0) is 24.6. The van der Waals surface area contributed by atoms with Crippen LogP contribution in [-0.2, 0) is 15.4 Å². The fraction of sp³-hybridized carbons (Fsp3) is 0.522. The Kier molecular flexibility index (Phi) is 6.72. The van der Waals surface area contributed by atoms with Crippen LogP contribution >= 0.6 is 0 Å². The van der Waals surface area contributed by atoms with E-state index in [2.05, 4.69) is 9.71 Å². The molecule has 1 amide bonds. The second kappa shape index (κ2) is 8.90. The highest BCUT2D eigenvalue weighted by atomic mass is 32.2. The first-order valence-electron chi connectivity index (χ1n) is 11.0. The highest BCUT2D eigenvalue weighted by molar-refractivity contribution is 7.90. The quantitative estimate of drug-likeness (QED) is 0.599. The average Bonchev–Trinajstić information content (AvgIpc) is 2.72.